The maximum Gasteiger partial charge on any atom is 0.293 e. The van der Waals surface area contributed by atoms with E-state index >= 15 is 0 Å². The third kappa shape index (κ3) is 3.06. The van der Waals surface area contributed by atoms with Crippen LogP contribution >= 0.6 is 0 Å². The molecule has 1 aliphatic rings. The molecule has 0 aliphatic heterocycles. The first-order valence-corrected chi connectivity index (χ1v) is 6.29. The normalized spacial score (nSPS) is 16.8. The van der Waals surface area contributed by atoms with Crippen LogP contribution in [-0.2, 0) is 0 Å². The Hall–Kier alpha value is -1.36. The van der Waals surface area contributed by atoms with Crippen LogP contribution in [0.2, 0.25) is 0 Å². The van der Waals surface area contributed by atoms with Crippen molar-refractivity contribution in [3.05, 3.63) is 22.7 Å². The predicted molar refractivity (Wildman–Crippen MR) is 68.1 cm³/mol. The van der Waals surface area contributed by atoms with Crippen LogP contribution in [0.4, 0.5) is 5.82 Å². The monoisotopic (exact) mass is 236 g/mol. The molecule has 0 radical (unpaired) electrons. The number of rotatable bonds is 6. The molecule has 1 aromatic rings. The van der Waals surface area contributed by atoms with Crippen LogP contribution in [0.5, 0.6) is 0 Å². The summed E-state index contributed by atoms with van der Waals surface area (Å²) in [6.45, 7) is 2.70. The van der Waals surface area contributed by atoms with Gasteiger partial charge in [0.25, 0.3) is 5.56 Å². The zero-order valence-electron chi connectivity index (χ0n) is 10.2. The van der Waals surface area contributed by atoms with E-state index < -0.39 is 0 Å². The molecule has 5 nitrogen and oxygen atoms in total. The highest BCUT2D eigenvalue weighted by molar-refractivity contribution is 5.31. The summed E-state index contributed by atoms with van der Waals surface area (Å²) in [6.07, 6.45) is 7.63. The highest BCUT2D eigenvalue weighted by Gasteiger charge is 2.25. The number of nitrogens with two attached hydrogens (primary N) is 1. The molecule has 17 heavy (non-hydrogen) atoms. The van der Waals surface area contributed by atoms with Crippen LogP contribution in [0.3, 0.4) is 0 Å². The van der Waals surface area contributed by atoms with E-state index in [0.717, 1.165) is 25.7 Å². The van der Waals surface area contributed by atoms with Crippen molar-refractivity contribution in [3.8, 4) is 0 Å². The summed E-state index contributed by atoms with van der Waals surface area (Å²) >= 11 is 0. The molecule has 5 heteroatoms. The molecular weight excluding hydrogens is 216 g/mol. The lowest BCUT2D eigenvalue weighted by molar-refractivity contribution is 0.623. The van der Waals surface area contributed by atoms with E-state index in [-0.39, 0.29) is 11.6 Å². The molecule has 1 saturated carbocycles. The lowest BCUT2D eigenvalue weighted by Crippen LogP contribution is -2.32. The fourth-order valence-electron chi connectivity index (χ4n) is 1.89. The van der Waals surface area contributed by atoms with Gasteiger partial charge in [-0.05, 0) is 19.3 Å². The number of nitrogens with one attached hydrogen (secondary N) is 1. The smallest absolute Gasteiger partial charge is 0.293 e. The molecule has 0 aromatic carbocycles. The van der Waals surface area contributed by atoms with Gasteiger partial charge in [0, 0.05) is 31.0 Å². The minimum absolute atomic E-state index is 0.0290. The zero-order valence-corrected chi connectivity index (χ0v) is 10.2. The first-order chi connectivity index (χ1) is 8.22. The molecular formula is C12H20N4O. The lowest BCUT2D eigenvalue weighted by atomic mass is 10.2. The Bertz CT molecular complexity index is 425. The standard InChI is InChI=1S/C12H20N4O/c1-2-3-9(13)8-15-11-12(17)16(7-6-14-11)10-4-5-10/h6-7,9-10H,2-5,8,13H2,1H3,(H,14,15). The third-order valence-electron chi connectivity index (χ3n) is 3.00. The maximum atomic E-state index is 12.0. The van der Waals surface area contributed by atoms with Crippen LogP contribution in [0.15, 0.2) is 17.2 Å². The van der Waals surface area contributed by atoms with E-state index in [4.69, 9.17) is 5.73 Å². The van der Waals surface area contributed by atoms with E-state index in [1.807, 2.05) is 0 Å². The van der Waals surface area contributed by atoms with E-state index in [1.165, 1.54) is 0 Å². The summed E-state index contributed by atoms with van der Waals surface area (Å²) < 4.78 is 1.76. The minimum atomic E-state index is -0.0290. The first kappa shape index (κ1) is 12.1. The van der Waals surface area contributed by atoms with Crippen LogP contribution in [0, 0.1) is 0 Å². The Morgan fingerprint density at radius 1 is 1.65 bits per heavy atom. The van der Waals surface area contributed by atoms with E-state index in [2.05, 4.69) is 17.2 Å². The molecule has 1 atom stereocenters. The van der Waals surface area contributed by atoms with Crippen molar-refractivity contribution in [2.45, 2.75) is 44.7 Å². The van der Waals surface area contributed by atoms with Gasteiger partial charge in [-0.3, -0.25) is 4.79 Å². The van der Waals surface area contributed by atoms with E-state index in [0.29, 0.717) is 18.4 Å². The molecule has 1 aliphatic carbocycles. The Kier molecular flexibility index (Phi) is 3.78. The number of hydrogen-bond acceptors (Lipinski definition) is 4. The fourth-order valence-corrected chi connectivity index (χ4v) is 1.89. The van der Waals surface area contributed by atoms with Gasteiger partial charge in [-0.25, -0.2) is 4.98 Å². The van der Waals surface area contributed by atoms with Crippen molar-refractivity contribution >= 4 is 5.82 Å². The maximum absolute atomic E-state index is 12.0. The summed E-state index contributed by atoms with van der Waals surface area (Å²) in [7, 11) is 0. The molecule has 1 aromatic heterocycles. The molecule has 0 spiro atoms. The summed E-state index contributed by atoms with van der Waals surface area (Å²) in [5, 5.41) is 3.05. The van der Waals surface area contributed by atoms with Crippen molar-refractivity contribution in [1.82, 2.24) is 9.55 Å². The van der Waals surface area contributed by atoms with Crippen molar-refractivity contribution in [2.75, 3.05) is 11.9 Å². The van der Waals surface area contributed by atoms with Crippen LogP contribution in [0.1, 0.15) is 38.6 Å². The van der Waals surface area contributed by atoms with Crippen molar-refractivity contribution in [2.24, 2.45) is 5.73 Å². The average molecular weight is 236 g/mol. The largest absolute Gasteiger partial charge is 0.364 e. The first-order valence-electron chi connectivity index (χ1n) is 6.29. The summed E-state index contributed by atoms with van der Waals surface area (Å²) in [4.78, 5) is 16.1. The molecule has 0 amide bonds. The van der Waals surface area contributed by atoms with Crippen LogP contribution in [0.25, 0.3) is 0 Å². The SMILES string of the molecule is CCCC(N)CNc1nccn(C2CC2)c1=O. The topological polar surface area (TPSA) is 72.9 Å². The second kappa shape index (κ2) is 5.31. The van der Waals surface area contributed by atoms with Gasteiger partial charge in [0.1, 0.15) is 0 Å². The second-order valence-corrected chi connectivity index (χ2v) is 4.65. The molecule has 2 rings (SSSR count). The number of aromatic nitrogens is 2. The third-order valence-corrected chi connectivity index (χ3v) is 3.00. The highest BCUT2D eigenvalue weighted by Crippen LogP contribution is 2.33. The number of nitrogens with zero attached hydrogens (tertiary/aromatic N) is 2. The molecule has 1 fully saturated rings. The molecule has 0 saturated heterocycles. The molecule has 94 valence electrons. The van der Waals surface area contributed by atoms with Gasteiger partial charge in [0.15, 0.2) is 5.82 Å². The van der Waals surface area contributed by atoms with Gasteiger partial charge in [-0.15, -0.1) is 0 Å². The second-order valence-electron chi connectivity index (χ2n) is 4.65. The zero-order chi connectivity index (χ0) is 12.3. The molecule has 1 unspecified atom stereocenters. The Balaban J connectivity index is 2.01. The summed E-state index contributed by atoms with van der Waals surface area (Å²) in [5.41, 5.74) is 5.86. The van der Waals surface area contributed by atoms with Crippen molar-refractivity contribution in [1.29, 1.82) is 0 Å². The van der Waals surface area contributed by atoms with E-state index in [1.54, 1.807) is 17.0 Å². The predicted octanol–water partition coefficient (Wildman–Crippen LogP) is 1.12. The Morgan fingerprint density at radius 3 is 3.06 bits per heavy atom. The van der Waals surface area contributed by atoms with Crippen molar-refractivity contribution < 1.29 is 0 Å². The summed E-state index contributed by atoms with van der Waals surface area (Å²) in [6, 6.07) is 0.464. The lowest BCUT2D eigenvalue weighted by Gasteiger charge is -2.12. The molecule has 0 bridgehead atoms. The number of anilines is 1. The molecule has 1 heterocycles. The van der Waals surface area contributed by atoms with Crippen LogP contribution < -0.4 is 16.6 Å². The number of hydrogen-bond donors (Lipinski definition) is 2. The quantitative estimate of drug-likeness (QED) is 0.776. The Morgan fingerprint density at radius 2 is 2.41 bits per heavy atom. The average Bonchev–Trinajstić information content (AvgIpc) is 3.12. The summed E-state index contributed by atoms with van der Waals surface area (Å²) in [5.74, 6) is 0.422. The molecule has 3 N–H and O–H groups in total. The van der Waals surface area contributed by atoms with Gasteiger partial charge in [-0.2, -0.15) is 0 Å². The van der Waals surface area contributed by atoms with Gasteiger partial charge in [-0.1, -0.05) is 13.3 Å². The Labute approximate surface area is 101 Å². The van der Waals surface area contributed by atoms with Gasteiger partial charge in [0.05, 0.1) is 0 Å². The van der Waals surface area contributed by atoms with Gasteiger partial charge in [0.2, 0.25) is 0 Å². The fraction of sp³-hybridized carbons (Fsp3) is 0.667. The highest BCUT2D eigenvalue weighted by atomic mass is 16.1. The van der Waals surface area contributed by atoms with Crippen molar-refractivity contribution in [3.63, 3.8) is 0 Å². The van der Waals surface area contributed by atoms with Gasteiger partial charge < -0.3 is 15.6 Å². The minimum Gasteiger partial charge on any atom is -0.364 e. The van der Waals surface area contributed by atoms with E-state index in [9.17, 15) is 4.79 Å². The van der Waals surface area contributed by atoms with Gasteiger partial charge >= 0.3 is 0 Å². The van der Waals surface area contributed by atoms with Crippen LogP contribution in [-0.4, -0.2) is 22.1 Å².